The monoisotopic (exact) mass is 455 g/mol. The molecule has 6 nitrogen and oxygen atoms in total. The highest BCUT2D eigenvalue weighted by Crippen LogP contribution is 2.50. The lowest BCUT2D eigenvalue weighted by atomic mass is 9.73. The Balaban J connectivity index is 0.000000339. The number of thiazole rings is 1. The number of hydrogen-bond donors (Lipinski definition) is 1. The van der Waals surface area contributed by atoms with E-state index in [1.165, 1.54) is 5.56 Å². The standard InChI is InChI=1S/C19H23N3OS.C2HF3O2/c1-2-22-10-8-19(18(22)23)14-21(13-17-20-9-11-24-17)12-16(19)15-6-4-3-5-7-15;3-2(4,5)1(6)7/h3-7,9,11,16H,2,8,10,12-14H2,1H3;(H,6,7)/t16-,19+;/m0./s1. The molecule has 3 heterocycles. The van der Waals surface area contributed by atoms with Gasteiger partial charge in [-0.1, -0.05) is 30.3 Å². The van der Waals surface area contributed by atoms with Gasteiger partial charge in [-0.25, -0.2) is 9.78 Å². The van der Waals surface area contributed by atoms with Gasteiger partial charge in [-0.15, -0.1) is 11.3 Å². The molecule has 2 saturated heterocycles. The minimum Gasteiger partial charge on any atom is -0.475 e. The second-order valence-corrected chi connectivity index (χ2v) is 8.63. The van der Waals surface area contributed by atoms with Gasteiger partial charge in [-0.2, -0.15) is 13.2 Å². The summed E-state index contributed by atoms with van der Waals surface area (Å²) >= 11 is 1.70. The van der Waals surface area contributed by atoms with Crippen LogP contribution >= 0.6 is 11.3 Å². The molecule has 4 rings (SSSR count). The summed E-state index contributed by atoms with van der Waals surface area (Å²) in [4.78, 5) is 31.0. The minimum absolute atomic E-state index is 0.255. The first-order chi connectivity index (χ1) is 14.7. The maximum Gasteiger partial charge on any atom is 0.490 e. The quantitative estimate of drug-likeness (QED) is 0.763. The fourth-order valence-electron chi connectivity index (χ4n) is 4.39. The highest BCUT2D eigenvalue weighted by Gasteiger charge is 2.56. The van der Waals surface area contributed by atoms with Gasteiger partial charge in [0, 0.05) is 43.7 Å². The smallest absolute Gasteiger partial charge is 0.475 e. The zero-order chi connectivity index (χ0) is 22.6. The summed E-state index contributed by atoms with van der Waals surface area (Å²) in [5, 5.41) is 10.3. The molecule has 2 aliphatic rings. The summed E-state index contributed by atoms with van der Waals surface area (Å²) in [6.07, 6.45) is -2.26. The van der Waals surface area contributed by atoms with Crippen molar-refractivity contribution in [1.29, 1.82) is 0 Å². The van der Waals surface area contributed by atoms with Crippen molar-refractivity contribution in [3.63, 3.8) is 0 Å². The first-order valence-electron chi connectivity index (χ1n) is 9.92. The zero-order valence-electron chi connectivity index (χ0n) is 17.0. The molecule has 0 bridgehead atoms. The summed E-state index contributed by atoms with van der Waals surface area (Å²) in [7, 11) is 0. The molecule has 31 heavy (non-hydrogen) atoms. The maximum absolute atomic E-state index is 13.2. The van der Waals surface area contributed by atoms with Crippen LogP contribution in [0.4, 0.5) is 13.2 Å². The van der Waals surface area contributed by atoms with E-state index in [4.69, 9.17) is 9.90 Å². The maximum atomic E-state index is 13.2. The molecule has 1 aromatic carbocycles. The second kappa shape index (κ2) is 9.35. The molecular formula is C21H24F3N3O3S. The molecule has 168 valence electrons. The van der Waals surface area contributed by atoms with Crippen LogP contribution in [0.2, 0.25) is 0 Å². The second-order valence-electron chi connectivity index (χ2n) is 7.65. The third-order valence-corrected chi connectivity index (χ3v) is 6.59. The number of carboxylic acid groups (broad SMARTS) is 1. The molecule has 0 saturated carbocycles. The Bertz CT molecular complexity index is 892. The molecule has 1 aromatic heterocycles. The summed E-state index contributed by atoms with van der Waals surface area (Å²) in [5.74, 6) is -2.13. The normalized spacial score (nSPS) is 23.8. The van der Waals surface area contributed by atoms with Crippen molar-refractivity contribution in [2.24, 2.45) is 5.41 Å². The van der Waals surface area contributed by atoms with Crippen molar-refractivity contribution in [1.82, 2.24) is 14.8 Å². The lowest BCUT2D eigenvalue weighted by Gasteiger charge is -2.29. The van der Waals surface area contributed by atoms with Gasteiger partial charge >= 0.3 is 12.1 Å². The fraction of sp³-hybridized carbons (Fsp3) is 0.476. The Labute approximate surface area is 182 Å². The first-order valence-corrected chi connectivity index (χ1v) is 10.8. The first kappa shape index (κ1) is 23.2. The number of hydrogen-bond acceptors (Lipinski definition) is 5. The van der Waals surface area contributed by atoms with Crippen molar-refractivity contribution in [3.05, 3.63) is 52.5 Å². The largest absolute Gasteiger partial charge is 0.490 e. The molecule has 0 unspecified atom stereocenters. The van der Waals surface area contributed by atoms with E-state index in [0.717, 1.165) is 44.2 Å². The summed E-state index contributed by atoms with van der Waals surface area (Å²) in [6, 6.07) is 10.6. The number of nitrogens with zero attached hydrogens (tertiary/aromatic N) is 3. The molecule has 1 spiro atoms. The van der Waals surface area contributed by atoms with Gasteiger partial charge in [0.15, 0.2) is 0 Å². The van der Waals surface area contributed by atoms with Crippen LogP contribution in [0, 0.1) is 5.41 Å². The van der Waals surface area contributed by atoms with Gasteiger partial charge in [-0.3, -0.25) is 9.69 Å². The Hall–Kier alpha value is -2.46. The number of likely N-dealkylation sites (tertiary alicyclic amines) is 2. The lowest BCUT2D eigenvalue weighted by Crippen LogP contribution is -2.39. The van der Waals surface area contributed by atoms with Crippen molar-refractivity contribution >= 4 is 23.2 Å². The Morgan fingerprint density at radius 1 is 1.32 bits per heavy atom. The van der Waals surface area contributed by atoms with Gasteiger partial charge < -0.3 is 10.0 Å². The average molecular weight is 456 g/mol. The van der Waals surface area contributed by atoms with Crippen LogP contribution in [0.1, 0.15) is 29.8 Å². The SMILES string of the molecule is CCN1CC[C@]2(CN(Cc3nccs3)C[C@H]2c2ccccc2)C1=O.O=C(O)C(F)(F)F. The molecule has 2 atom stereocenters. The van der Waals surface area contributed by atoms with E-state index >= 15 is 0 Å². The Morgan fingerprint density at radius 2 is 2.00 bits per heavy atom. The molecule has 1 amide bonds. The van der Waals surface area contributed by atoms with Gasteiger partial charge in [0.1, 0.15) is 5.01 Å². The van der Waals surface area contributed by atoms with E-state index in [1.807, 2.05) is 22.5 Å². The van der Waals surface area contributed by atoms with Crippen LogP contribution in [0.3, 0.4) is 0 Å². The van der Waals surface area contributed by atoms with Crippen molar-refractivity contribution in [2.45, 2.75) is 32.0 Å². The Morgan fingerprint density at radius 3 is 2.52 bits per heavy atom. The number of carboxylic acids is 1. The van der Waals surface area contributed by atoms with E-state index < -0.39 is 12.1 Å². The molecule has 2 aromatic rings. The molecule has 10 heteroatoms. The molecular weight excluding hydrogens is 431 g/mol. The lowest BCUT2D eigenvalue weighted by molar-refractivity contribution is -0.192. The number of rotatable bonds is 4. The molecule has 0 aliphatic carbocycles. The molecule has 1 N–H and O–H groups in total. The zero-order valence-corrected chi connectivity index (χ0v) is 17.8. The van der Waals surface area contributed by atoms with E-state index in [1.54, 1.807) is 11.3 Å². The summed E-state index contributed by atoms with van der Waals surface area (Å²) in [5.41, 5.74) is 1.04. The number of carbonyl (C=O) groups excluding carboxylic acids is 1. The highest BCUT2D eigenvalue weighted by molar-refractivity contribution is 7.09. The van der Waals surface area contributed by atoms with Crippen LogP contribution in [0.25, 0.3) is 0 Å². The molecule has 0 radical (unpaired) electrons. The Kier molecular flexibility index (Phi) is 7.00. The topological polar surface area (TPSA) is 73.7 Å². The highest BCUT2D eigenvalue weighted by atomic mass is 32.1. The van der Waals surface area contributed by atoms with E-state index in [2.05, 4.69) is 41.1 Å². The number of alkyl halides is 3. The molecule has 2 fully saturated rings. The summed E-state index contributed by atoms with van der Waals surface area (Å²) < 4.78 is 31.7. The van der Waals surface area contributed by atoms with Crippen LogP contribution in [0.5, 0.6) is 0 Å². The predicted molar refractivity (Wildman–Crippen MR) is 110 cm³/mol. The van der Waals surface area contributed by atoms with Gasteiger partial charge in [0.25, 0.3) is 0 Å². The van der Waals surface area contributed by atoms with E-state index in [-0.39, 0.29) is 11.3 Å². The third-order valence-electron chi connectivity index (χ3n) is 5.82. The molecule has 2 aliphatic heterocycles. The summed E-state index contributed by atoms with van der Waals surface area (Å²) in [6.45, 7) is 6.42. The van der Waals surface area contributed by atoms with E-state index in [0.29, 0.717) is 5.91 Å². The number of benzene rings is 1. The number of halogens is 3. The van der Waals surface area contributed by atoms with Crippen molar-refractivity contribution in [2.75, 3.05) is 26.2 Å². The van der Waals surface area contributed by atoms with Gasteiger partial charge in [-0.05, 0) is 18.9 Å². The number of aromatic nitrogens is 1. The average Bonchev–Trinajstić information content (AvgIpc) is 3.44. The van der Waals surface area contributed by atoms with Gasteiger partial charge in [0.05, 0.1) is 12.0 Å². The fourth-order valence-corrected chi connectivity index (χ4v) is 5.05. The predicted octanol–water partition coefficient (Wildman–Crippen LogP) is 3.61. The number of carbonyl (C=O) groups is 2. The van der Waals surface area contributed by atoms with Crippen molar-refractivity contribution < 1.29 is 27.9 Å². The van der Waals surface area contributed by atoms with Crippen LogP contribution in [-0.2, 0) is 16.1 Å². The van der Waals surface area contributed by atoms with Crippen molar-refractivity contribution in [3.8, 4) is 0 Å². The van der Waals surface area contributed by atoms with Crippen LogP contribution in [-0.4, -0.2) is 64.1 Å². The van der Waals surface area contributed by atoms with E-state index in [9.17, 15) is 18.0 Å². The number of aliphatic carboxylic acids is 1. The minimum atomic E-state index is -5.08. The van der Waals surface area contributed by atoms with Crippen LogP contribution < -0.4 is 0 Å². The third kappa shape index (κ3) is 5.07. The number of amides is 1. The van der Waals surface area contributed by atoms with Crippen LogP contribution in [0.15, 0.2) is 41.9 Å². The van der Waals surface area contributed by atoms with Gasteiger partial charge in [0.2, 0.25) is 5.91 Å².